The molecule has 1 saturated heterocycles. The van der Waals surface area contributed by atoms with Crippen LogP contribution in [0.25, 0.3) is 0 Å². The number of benzene rings is 1. The number of ether oxygens (including phenoxy) is 1. The second-order valence-corrected chi connectivity index (χ2v) is 7.40. The van der Waals surface area contributed by atoms with Crippen LogP contribution in [-0.4, -0.2) is 25.6 Å². The topological polar surface area (TPSA) is 50.4 Å². The molecule has 4 nitrogen and oxygen atoms in total. The van der Waals surface area contributed by atoms with E-state index in [9.17, 15) is 4.79 Å². The van der Waals surface area contributed by atoms with E-state index in [0.29, 0.717) is 24.5 Å². The minimum atomic E-state index is 0.213. The summed E-state index contributed by atoms with van der Waals surface area (Å²) in [6.45, 7) is 7.62. The van der Waals surface area contributed by atoms with E-state index in [1.54, 1.807) is 0 Å². The van der Waals surface area contributed by atoms with Crippen LogP contribution in [0.2, 0.25) is 0 Å². The minimum absolute atomic E-state index is 0.213. The van der Waals surface area contributed by atoms with Crippen molar-refractivity contribution in [3.8, 4) is 5.75 Å². The van der Waals surface area contributed by atoms with Gasteiger partial charge >= 0.3 is 0 Å². The van der Waals surface area contributed by atoms with Crippen molar-refractivity contribution in [2.75, 3.05) is 19.7 Å². The summed E-state index contributed by atoms with van der Waals surface area (Å²) in [5, 5.41) is 6.50. The summed E-state index contributed by atoms with van der Waals surface area (Å²) in [4.78, 5) is 12.5. The number of carbonyl (C=O) groups is 1. The molecule has 0 radical (unpaired) electrons. The fourth-order valence-electron chi connectivity index (χ4n) is 3.55. The Hall–Kier alpha value is -1.55. The number of rotatable bonds is 6. The van der Waals surface area contributed by atoms with Gasteiger partial charge in [-0.1, -0.05) is 32.0 Å². The Labute approximate surface area is 139 Å². The Balaban J connectivity index is 1.53. The molecule has 1 amide bonds. The fraction of sp³-hybridized carbons (Fsp3) is 0.632. The summed E-state index contributed by atoms with van der Waals surface area (Å²) in [5.74, 6) is 1.80. The normalized spacial score (nSPS) is 22.1. The van der Waals surface area contributed by atoms with Gasteiger partial charge in [0.05, 0.1) is 6.61 Å². The molecule has 23 heavy (non-hydrogen) atoms. The molecule has 0 aromatic heterocycles. The van der Waals surface area contributed by atoms with E-state index in [-0.39, 0.29) is 11.8 Å². The third kappa shape index (κ3) is 3.86. The molecular weight excluding hydrogens is 288 g/mol. The highest BCUT2D eigenvalue weighted by molar-refractivity contribution is 5.82. The molecular formula is C19H28N2O2. The number of carbonyl (C=O) groups excluding carboxylic acids is 1. The predicted molar refractivity (Wildman–Crippen MR) is 91.3 cm³/mol. The Bertz CT molecular complexity index is 550. The third-order valence-electron chi connectivity index (χ3n) is 5.10. The van der Waals surface area contributed by atoms with Crippen molar-refractivity contribution in [2.45, 2.75) is 39.7 Å². The zero-order valence-electron chi connectivity index (χ0n) is 14.2. The van der Waals surface area contributed by atoms with Crippen LogP contribution in [-0.2, 0) is 11.3 Å². The molecule has 1 aromatic carbocycles. The third-order valence-corrected chi connectivity index (χ3v) is 5.10. The van der Waals surface area contributed by atoms with Gasteiger partial charge < -0.3 is 15.4 Å². The van der Waals surface area contributed by atoms with Gasteiger partial charge in [-0.2, -0.15) is 0 Å². The van der Waals surface area contributed by atoms with Gasteiger partial charge in [0.2, 0.25) is 5.91 Å². The lowest BCUT2D eigenvalue weighted by molar-refractivity contribution is -0.123. The number of hydrogen-bond acceptors (Lipinski definition) is 3. The fourth-order valence-corrected chi connectivity index (χ4v) is 3.55. The summed E-state index contributed by atoms with van der Waals surface area (Å²) in [5.41, 5.74) is 1.35. The maximum absolute atomic E-state index is 12.5. The van der Waals surface area contributed by atoms with Crippen LogP contribution in [0.4, 0.5) is 0 Å². The summed E-state index contributed by atoms with van der Waals surface area (Å²) in [6.07, 6.45) is 3.34. The quantitative estimate of drug-likeness (QED) is 0.848. The molecule has 2 fully saturated rings. The molecule has 1 saturated carbocycles. The van der Waals surface area contributed by atoms with E-state index in [2.05, 4.69) is 24.5 Å². The van der Waals surface area contributed by atoms with Crippen molar-refractivity contribution >= 4 is 5.91 Å². The van der Waals surface area contributed by atoms with Crippen molar-refractivity contribution in [1.82, 2.24) is 10.6 Å². The van der Waals surface area contributed by atoms with E-state index >= 15 is 0 Å². The SMILES string of the molecule is CC(C)COc1ccccc1CNC(=O)C1CC12CCNCC2. The van der Waals surface area contributed by atoms with E-state index in [1.165, 1.54) is 0 Å². The van der Waals surface area contributed by atoms with Gasteiger partial charge in [0, 0.05) is 18.0 Å². The van der Waals surface area contributed by atoms with Gasteiger partial charge in [0.1, 0.15) is 5.75 Å². The zero-order valence-corrected chi connectivity index (χ0v) is 14.2. The van der Waals surface area contributed by atoms with E-state index in [1.807, 2.05) is 24.3 Å². The second-order valence-electron chi connectivity index (χ2n) is 7.40. The summed E-state index contributed by atoms with van der Waals surface area (Å²) >= 11 is 0. The van der Waals surface area contributed by atoms with Crippen molar-refractivity contribution in [3.63, 3.8) is 0 Å². The van der Waals surface area contributed by atoms with Gasteiger partial charge in [-0.05, 0) is 49.8 Å². The molecule has 4 heteroatoms. The van der Waals surface area contributed by atoms with E-state index < -0.39 is 0 Å². The molecule has 1 atom stereocenters. The number of nitrogens with one attached hydrogen (secondary N) is 2. The molecule has 0 bridgehead atoms. The van der Waals surface area contributed by atoms with Crippen molar-refractivity contribution in [3.05, 3.63) is 29.8 Å². The Kier molecular flexibility index (Phi) is 4.90. The van der Waals surface area contributed by atoms with Crippen molar-refractivity contribution in [1.29, 1.82) is 0 Å². The van der Waals surface area contributed by atoms with Crippen LogP contribution in [0, 0.1) is 17.3 Å². The smallest absolute Gasteiger partial charge is 0.223 e. The van der Waals surface area contributed by atoms with Gasteiger partial charge in [0.25, 0.3) is 0 Å². The highest BCUT2D eigenvalue weighted by atomic mass is 16.5. The maximum Gasteiger partial charge on any atom is 0.223 e. The lowest BCUT2D eigenvalue weighted by atomic mass is 9.92. The molecule has 1 aliphatic heterocycles. The average Bonchev–Trinajstić information content (AvgIpc) is 3.25. The highest BCUT2D eigenvalue weighted by Crippen LogP contribution is 2.58. The van der Waals surface area contributed by atoms with Crippen LogP contribution >= 0.6 is 0 Å². The van der Waals surface area contributed by atoms with E-state index in [4.69, 9.17) is 4.74 Å². The molecule has 1 heterocycles. The number of para-hydroxylation sites is 1. The molecule has 2 N–H and O–H groups in total. The molecule has 2 aliphatic rings. The summed E-state index contributed by atoms with van der Waals surface area (Å²) in [7, 11) is 0. The lowest BCUT2D eigenvalue weighted by Gasteiger charge is -2.23. The number of piperidine rings is 1. The summed E-state index contributed by atoms with van der Waals surface area (Å²) < 4.78 is 5.86. The standard InChI is InChI=1S/C19H28N2O2/c1-14(2)13-23-17-6-4-3-5-15(17)12-21-18(22)16-11-19(16)7-9-20-10-8-19/h3-6,14,16,20H,7-13H2,1-2H3,(H,21,22). The zero-order chi connectivity index (χ0) is 16.3. The first-order valence-electron chi connectivity index (χ1n) is 8.80. The van der Waals surface area contributed by atoms with Crippen LogP contribution in [0.5, 0.6) is 5.75 Å². The monoisotopic (exact) mass is 316 g/mol. The second kappa shape index (κ2) is 6.91. The van der Waals surface area contributed by atoms with Crippen LogP contribution < -0.4 is 15.4 Å². The van der Waals surface area contributed by atoms with Gasteiger partial charge in [-0.3, -0.25) is 4.79 Å². The largest absolute Gasteiger partial charge is 0.493 e. The Morgan fingerprint density at radius 1 is 1.35 bits per heavy atom. The Morgan fingerprint density at radius 3 is 2.83 bits per heavy atom. The van der Waals surface area contributed by atoms with Crippen LogP contribution in [0.3, 0.4) is 0 Å². The molecule has 1 spiro atoms. The molecule has 1 unspecified atom stereocenters. The first kappa shape index (κ1) is 16.3. The molecule has 1 aliphatic carbocycles. The summed E-state index contributed by atoms with van der Waals surface area (Å²) in [6, 6.07) is 7.99. The van der Waals surface area contributed by atoms with Gasteiger partial charge in [-0.15, -0.1) is 0 Å². The average molecular weight is 316 g/mol. The molecule has 126 valence electrons. The molecule has 1 aromatic rings. The van der Waals surface area contributed by atoms with Crippen LogP contribution in [0.15, 0.2) is 24.3 Å². The lowest BCUT2D eigenvalue weighted by Crippen LogP contribution is -2.33. The number of hydrogen-bond donors (Lipinski definition) is 2. The maximum atomic E-state index is 12.5. The first-order valence-corrected chi connectivity index (χ1v) is 8.80. The number of amides is 1. The first-order chi connectivity index (χ1) is 11.1. The minimum Gasteiger partial charge on any atom is -0.493 e. The van der Waals surface area contributed by atoms with E-state index in [0.717, 1.165) is 43.7 Å². The van der Waals surface area contributed by atoms with Crippen molar-refractivity contribution < 1.29 is 9.53 Å². The van der Waals surface area contributed by atoms with Crippen molar-refractivity contribution in [2.24, 2.45) is 17.3 Å². The highest BCUT2D eigenvalue weighted by Gasteiger charge is 2.57. The predicted octanol–water partition coefficient (Wildman–Crippen LogP) is 2.73. The Morgan fingerprint density at radius 2 is 2.09 bits per heavy atom. The van der Waals surface area contributed by atoms with Crippen LogP contribution in [0.1, 0.15) is 38.7 Å². The van der Waals surface area contributed by atoms with Gasteiger partial charge in [0.15, 0.2) is 0 Å². The van der Waals surface area contributed by atoms with Gasteiger partial charge in [-0.25, -0.2) is 0 Å². The molecule has 3 rings (SSSR count).